The number of nitrogens with zero attached hydrogens (tertiary/aromatic N) is 1. The van der Waals surface area contributed by atoms with Gasteiger partial charge in [0, 0.05) is 16.0 Å². The number of carbonyl (C=O) groups is 1. The predicted molar refractivity (Wildman–Crippen MR) is 92.6 cm³/mol. The van der Waals surface area contributed by atoms with Crippen molar-refractivity contribution in [1.82, 2.24) is 10.2 Å². The van der Waals surface area contributed by atoms with Crippen LogP contribution in [-0.4, -0.2) is 23.2 Å². The van der Waals surface area contributed by atoms with Crippen LogP contribution in [0.5, 0.6) is 5.75 Å². The fourth-order valence-corrected chi connectivity index (χ4v) is 3.14. The van der Waals surface area contributed by atoms with Crippen molar-refractivity contribution in [1.29, 1.82) is 0 Å². The van der Waals surface area contributed by atoms with E-state index in [4.69, 9.17) is 16.3 Å². The van der Waals surface area contributed by atoms with E-state index in [0.29, 0.717) is 22.2 Å². The van der Waals surface area contributed by atoms with Crippen molar-refractivity contribution >= 4 is 34.7 Å². The number of halogens is 1. The van der Waals surface area contributed by atoms with E-state index in [2.05, 4.69) is 15.5 Å². The Balaban J connectivity index is 1.81. The number of thiophene rings is 1. The van der Waals surface area contributed by atoms with Crippen molar-refractivity contribution in [2.24, 2.45) is 0 Å². The minimum atomic E-state index is -0.329. The topological polar surface area (TPSA) is 67.0 Å². The number of aryl methyl sites for hydroxylation is 1. The molecule has 0 aliphatic rings. The van der Waals surface area contributed by atoms with Crippen molar-refractivity contribution in [3.63, 3.8) is 0 Å². The lowest BCUT2D eigenvalue weighted by molar-refractivity contribution is 0.102. The molecule has 23 heavy (non-hydrogen) atoms. The number of aromatic amines is 1. The average molecular weight is 348 g/mol. The molecule has 1 amide bonds. The lowest BCUT2D eigenvalue weighted by atomic mass is 10.2. The first-order valence-corrected chi connectivity index (χ1v) is 8.03. The van der Waals surface area contributed by atoms with Crippen LogP contribution in [0.25, 0.3) is 10.6 Å². The van der Waals surface area contributed by atoms with Gasteiger partial charge in [-0.3, -0.25) is 9.89 Å². The van der Waals surface area contributed by atoms with E-state index in [1.165, 1.54) is 12.0 Å². The molecule has 0 aliphatic heterocycles. The van der Waals surface area contributed by atoms with Crippen LogP contribution in [0, 0.1) is 6.92 Å². The molecule has 2 N–H and O–H groups in total. The van der Waals surface area contributed by atoms with E-state index in [1.54, 1.807) is 35.6 Å². The molecule has 0 saturated carbocycles. The van der Waals surface area contributed by atoms with E-state index in [-0.39, 0.29) is 5.91 Å². The van der Waals surface area contributed by atoms with Crippen LogP contribution < -0.4 is 10.1 Å². The molecule has 5 nitrogen and oxygen atoms in total. The molecular weight excluding hydrogens is 334 g/mol. The molecule has 3 aromatic rings. The molecule has 118 valence electrons. The first kappa shape index (κ1) is 15.6. The second kappa shape index (κ2) is 6.44. The number of carbonyl (C=O) groups excluding carboxylic acids is 1. The minimum absolute atomic E-state index is 0.329. The van der Waals surface area contributed by atoms with Gasteiger partial charge in [-0.15, -0.1) is 11.3 Å². The summed E-state index contributed by atoms with van der Waals surface area (Å²) in [5.74, 6) is 0.569. The van der Waals surface area contributed by atoms with Crippen LogP contribution in [-0.2, 0) is 0 Å². The smallest absolute Gasteiger partial charge is 0.260 e. The first-order valence-electron chi connectivity index (χ1n) is 6.84. The molecule has 2 aromatic heterocycles. The summed E-state index contributed by atoms with van der Waals surface area (Å²) in [4.78, 5) is 14.7. The zero-order valence-corrected chi connectivity index (χ0v) is 14.1. The molecule has 0 spiro atoms. The highest BCUT2D eigenvalue weighted by Crippen LogP contribution is 2.28. The van der Waals surface area contributed by atoms with Crippen LogP contribution >= 0.6 is 22.9 Å². The Hall–Kier alpha value is -2.31. The highest BCUT2D eigenvalue weighted by molar-refractivity contribution is 7.15. The molecule has 3 rings (SSSR count). The largest absolute Gasteiger partial charge is 0.496 e. The standard InChI is InChI=1S/C16H14ClN3O2S/c1-9-3-6-14(23-9)12-8-15(20-19-12)18-16(21)11-7-10(17)4-5-13(11)22-2/h3-8H,1-2H3,(H2,18,19,20,21). The number of hydrogen-bond donors (Lipinski definition) is 2. The van der Waals surface area contributed by atoms with Crippen LogP contribution in [0.3, 0.4) is 0 Å². The Labute approximate surface area is 142 Å². The minimum Gasteiger partial charge on any atom is -0.496 e. The van der Waals surface area contributed by atoms with E-state index in [1.807, 2.05) is 19.1 Å². The van der Waals surface area contributed by atoms with Crippen LogP contribution in [0.2, 0.25) is 5.02 Å². The zero-order chi connectivity index (χ0) is 16.4. The lowest BCUT2D eigenvalue weighted by Crippen LogP contribution is -2.13. The third-order valence-corrected chi connectivity index (χ3v) is 4.50. The zero-order valence-electron chi connectivity index (χ0n) is 12.5. The van der Waals surface area contributed by atoms with Gasteiger partial charge in [-0.2, -0.15) is 5.10 Å². The Morgan fingerprint density at radius 3 is 2.83 bits per heavy atom. The average Bonchev–Trinajstić information content (AvgIpc) is 3.16. The quantitative estimate of drug-likeness (QED) is 0.736. The maximum atomic E-state index is 12.4. The van der Waals surface area contributed by atoms with Gasteiger partial charge in [-0.25, -0.2) is 0 Å². The number of hydrogen-bond acceptors (Lipinski definition) is 4. The molecular formula is C16H14ClN3O2S. The van der Waals surface area contributed by atoms with E-state index in [0.717, 1.165) is 10.6 Å². The Morgan fingerprint density at radius 1 is 1.30 bits per heavy atom. The summed E-state index contributed by atoms with van der Waals surface area (Å²) in [5.41, 5.74) is 1.22. The lowest BCUT2D eigenvalue weighted by Gasteiger charge is -2.08. The normalized spacial score (nSPS) is 10.6. The maximum absolute atomic E-state index is 12.4. The molecule has 0 unspecified atom stereocenters. The molecule has 7 heteroatoms. The Kier molecular flexibility index (Phi) is 4.36. The Bertz CT molecular complexity index is 857. The van der Waals surface area contributed by atoms with Gasteiger partial charge in [0.1, 0.15) is 5.75 Å². The van der Waals surface area contributed by atoms with Crippen molar-refractivity contribution < 1.29 is 9.53 Å². The molecule has 0 aliphatic carbocycles. The predicted octanol–water partition coefficient (Wildman–Crippen LogP) is 4.36. The molecule has 0 bridgehead atoms. The Morgan fingerprint density at radius 2 is 2.13 bits per heavy atom. The molecule has 2 heterocycles. The number of nitrogens with one attached hydrogen (secondary N) is 2. The van der Waals surface area contributed by atoms with Gasteiger partial charge in [0.2, 0.25) is 0 Å². The summed E-state index contributed by atoms with van der Waals surface area (Å²) >= 11 is 7.61. The molecule has 0 radical (unpaired) electrons. The molecule has 0 fully saturated rings. The van der Waals surface area contributed by atoms with Gasteiger partial charge in [0.15, 0.2) is 5.82 Å². The van der Waals surface area contributed by atoms with E-state index in [9.17, 15) is 4.79 Å². The number of methoxy groups -OCH3 is 1. The van der Waals surface area contributed by atoms with Gasteiger partial charge in [0.05, 0.1) is 23.2 Å². The third-order valence-electron chi connectivity index (χ3n) is 3.23. The summed E-state index contributed by atoms with van der Waals surface area (Å²) in [5, 5.41) is 10.2. The van der Waals surface area contributed by atoms with Gasteiger partial charge in [-0.05, 0) is 37.3 Å². The second-order valence-corrected chi connectivity index (χ2v) is 6.60. The summed E-state index contributed by atoms with van der Waals surface area (Å²) in [7, 11) is 1.51. The summed E-state index contributed by atoms with van der Waals surface area (Å²) in [6, 6.07) is 10.7. The van der Waals surface area contributed by atoms with Crippen LogP contribution in [0.1, 0.15) is 15.2 Å². The van der Waals surface area contributed by atoms with Crippen molar-refractivity contribution in [3.05, 3.63) is 51.9 Å². The van der Waals surface area contributed by atoms with Crippen molar-refractivity contribution in [2.45, 2.75) is 6.92 Å². The number of benzene rings is 1. The molecule has 1 aromatic carbocycles. The number of aromatic nitrogens is 2. The van der Waals surface area contributed by atoms with Gasteiger partial charge >= 0.3 is 0 Å². The number of anilines is 1. The first-order chi connectivity index (χ1) is 11.1. The SMILES string of the molecule is COc1ccc(Cl)cc1C(=O)Nc1cc(-c2ccc(C)s2)[nH]n1. The molecule has 0 saturated heterocycles. The molecule has 0 atom stereocenters. The fourth-order valence-electron chi connectivity index (χ4n) is 2.13. The fraction of sp³-hybridized carbons (Fsp3) is 0.125. The van der Waals surface area contributed by atoms with Gasteiger partial charge in [0.25, 0.3) is 5.91 Å². The second-order valence-electron chi connectivity index (χ2n) is 4.88. The van der Waals surface area contributed by atoms with Crippen molar-refractivity contribution in [2.75, 3.05) is 12.4 Å². The van der Waals surface area contributed by atoms with Crippen LogP contribution in [0.4, 0.5) is 5.82 Å². The number of H-pyrrole nitrogens is 1. The summed E-state index contributed by atoms with van der Waals surface area (Å²) in [6.45, 7) is 2.04. The third kappa shape index (κ3) is 3.38. The van der Waals surface area contributed by atoms with Gasteiger partial charge < -0.3 is 10.1 Å². The number of ether oxygens (including phenoxy) is 1. The summed E-state index contributed by atoms with van der Waals surface area (Å²) < 4.78 is 5.19. The number of rotatable bonds is 4. The maximum Gasteiger partial charge on any atom is 0.260 e. The highest BCUT2D eigenvalue weighted by atomic mass is 35.5. The van der Waals surface area contributed by atoms with E-state index >= 15 is 0 Å². The summed E-state index contributed by atoms with van der Waals surface area (Å²) in [6.07, 6.45) is 0. The van der Waals surface area contributed by atoms with Crippen LogP contribution in [0.15, 0.2) is 36.4 Å². The van der Waals surface area contributed by atoms with E-state index < -0.39 is 0 Å². The monoisotopic (exact) mass is 347 g/mol. The van der Waals surface area contributed by atoms with Crippen molar-refractivity contribution in [3.8, 4) is 16.3 Å². The number of amides is 1. The van der Waals surface area contributed by atoms with Gasteiger partial charge in [-0.1, -0.05) is 11.6 Å². The highest BCUT2D eigenvalue weighted by Gasteiger charge is 2.15.